The minimum atomic E-state index is 0.337. The Labute approximate surface area is 114 Å². The SMILES string of the molecule is CNC1CCCCC1Cc1nc(C2CCOC2)no1. The molecule has 1 aliphatic carbocycles. The normalized spacial score (nSPS) is 31.7. The van der Waals surface area contributed by atoms with Gasteiger partial charge in [-0.1, -0.05) is 18.0 Å². The molecule has 3 atom stereocenters. The number of rotatable bonds is 4. The molecule has 3 unspecified atom stereocenters. The van der Waals surface area contributed by atoms with Crippen LogP contribution in [-0.4, -0.2) is 36.4 Å². The van der Waals surface area contributed by atoms with E-state index in [4.69, 9.17) is 9.26 Å². The van der Waals surface area contributed by atoms with Crippen molar-refractivity contribution in [3.63, 3.8) is 0 Å². The Hall–Kier alpha value is -0.940. The highest BCUT2D eigenvalue weighted by atomic mass is 16.5. The zero-order valence-electron chi connectivity index (χ0n) is 11.6. The lowest BCUT2D eigenvalue weighted by molar-refractivity contribution is 0.192. The molecule has 5 heteroatoms. The lowest BCUT2D eigenvalue weighted by atomic mass is 9.82. The van der Waals surface area contributed by atoms with Gasteiger partial charge in [-0.05, 0) is 32.2 Å². The topological polar surface area (TPSA) is 60.2 Å². The third-order valence-electron chi connectivity index (χ3n) is 4.50. The Morgan fingerprint density at radius 1 is 1.26 bits per heavy atom. The van der Waals surface area contributed by atoms with Gasteiger partial charge in [0.2, 0.25) is 5.89 Å². The Kier molecular flexibility index (Phi) is 4.13. The summed E-state index contributed by atoms with van der Waals surface area (Å²) in [4.78, 5) is 4.57. The van der Waals surface area contributed by atoms with Crippen LogP contribution in [0, 0.1) is 5.92 Å². The molecule has 3 rings (SSSR count). The third kappa shape index (κ3) is 2.98. The van der Waals surface area contributed by atoms with Gasteiger partial charge in [0.25, 0.3) is 0 Å². The summed E-state index contributed by atoms with van der Waals surface area (Å²) in [5, 5.41) is 7.55. The Bertz CT molecular complexity index is 401. The molecule has 2 heterocycles. The maximum absolute atomic E-state index is 5.43. The summed E-state index contributed by atoms with van der Waals surface area (Å²) in [6.07, 6.45) is 7.10. The highest BCUT2D eigenvalue weighted by Gasteiger charge is 2.27. The number of nitrogens with zero attached hydrogens (tertiary/aromatic N) is 2. The van der Waals surface area contributed by atoms with Crippen LogP contribution >= 0.6 is 0 Å². The highest BCUT2D eigenvalue weighted by molar-refractivity contribution is 4.99. The van der Waals surface area contributed by atoms with Crippen LogP contribution in [0.4, 0.5) is 0 Å². The molecule has 0 radical (unpaired) electrons. The first kappa shape index (κ1) is 13.1. The predicted octanol–water partition coefficient (Wildman–Crippen LogP) is 1.89. The van der Waals surface area contributed by atoms with Crippen molar-refractivity contribution >= 4 is 0 Å². The van der Waals surface area contributed by atoms with E-state index < -0.39 is 0 Å². The van der Waals surface area contributed by atoms with Gasteiger partial charge < -0.3 is 14.6 Å². The predicted molar refractivity (Wildman–Crippen MR) is 71.0 cm³/mol. The Morgan fingerprint density at radius 2 is 2.16 bits per heavy atom. The van der Waals surface area contributed by atoms with Crippen LogP contribution < -0.4 is 5.32 Å². The van der Waals surface area contributed by atoms with Gasteiger partial charge >= 0.3 is 0 Å². The fourth-order valence-corrected chi connectivity index (χ4v) is 3.31. The first-order chi connectivity index (χ1) is 9.36. The quantitative estimate of drug-likeness (QED) is 0.901. The van der Waals surface area contributed by atoms with Crippen molar-refractivity contribution in [2.45, 2.75) is 50.5 Å². The average Bonchev–Trinajstić information content (AvgIpc) is 3.09. The van der Waals surface area contributed by atoms with E-state index in [9.17, 15) is 0 Å². The molecule has 1 N–H and O–H groups in total. The van der Waals surface area contributed by atoms with Crippen molar-refractivity contribution in [2.75, 3.05) is 20.3 Å². The Morgan fingerprint density at radius 3 is 2.95 bits per heavy atom. The zero-order chi connectivity index (χ0) is 13.1. The van der Waals surface area contributed by atoms with Crippen molar-refractivity contribution in [2.24, 2.45) is 5.92 Å². The smallest absolute Gasteiger partial charge is 0.226 e. The maximum atomic E-state index is 5.43. The molecule has 2 fully saturated rings. The molecular weight excluding hydrogens is 242 g/mol. The van der Waals surface area contributed by atoms with Crippen LogP contribution in [0.15, 0.2) is 4.52 Å². The van der Waals surface area contributed by atoms with Crippen LogP contribution in [0.2, 0.25) is 0 Å². The van der Waals surface area contributed by atoms with E-state index in [1.807, 2.05) is 0 Å². The number of hydrogen-bond acceptors (Lipinski definition) is 5. The summed E-state index contributed by atoms with van der Waals surface area (Å²) < 4.78 is 10.8. The lowest BCUT2D eigenvalue weighted by Crippen LogP contribution is -2.37. The van der Waals surface area contributed by atoms with E-state index in [2.05, 4.69) is 22.5 Å². The molecule has 19 heavy (non-hydrogen) atoms. The molecular formula is C14H23N3O2. The van der Waals surface area contributed by atoms with Gasteiger partial charge in [0.1, 0.15) is 0 Å². The first-order valence-electron chi connectivity index (χ1n) is 7.44. The average molecular weight is 265 g/mol. The molecule has 1 aromatic rings. The first-order valence-corrected chi connectivity index (χ1v) is 7.44. The fourth-order valence-electron chi connectivity index (χ4n) is 3.31. The van der Waals surface area contributed by atoms with E-state index in [1.165, 1.54) is 25.7 Å². The van der Waals surface area contributed by atoms with Crippen LogP contribution in [0.1, 0.15) is 49.7 Å². The van der Waals surface area contributed by atoms with Crippen molar-refractivity contribution in [3.05, 3.63) is 11.7 Å². The summed E-state index contributed by atoms with van der Waals surface area (Å²) in [6, 6.07) is 0.596. The summed E-state index contributed by atoms with van der Waals surface area (Å²) in [7, 11) is 2.05. The molecule has 0 aromatic carbocycles. The summed E-state index contributed by atoms with van der Waals surface area (Å²) >= 11 is 0. The lowest BCUT2D eigenvalue weighted by Gasteiger charge is -2.30. The molecule has 1 saturated carbocycles. The monoisotopic (exact) mass is 265 g/mol. The minimum absolute atomic E-state index is 0.337. The van der Waals surface area contributed by atoms with Gasteiger partial charge in [0.05, 0.1) is 6.61 Å². The van der Waals surface area contributed by atoms with E-state index >= 15 is 0 Å². The van der Waals surface area contributed by atoms with Crippen LogP contribution in [0.25, 0.3) is 0 Å². The highest BCUT2D eigenvalue weighted by Crippen LogP contribution is 2.28. The number of nitrogens with one attached hydrogen (secondary N) is 1. The molecule has 1 aliphatic heterocycles. The van der Waals surface area contributed by atoms with E-state index in [0.29, 0.717) is 17.9 Å². The van der Waals surface area contributed by atoms with E-state index in [1.54, 1.807) is 0 Å². The molecule has 0 amide bonds. The summed E-state index contributed by atoms with van der Waals surface area (Å²) in [5.41, 5.74) is 0. The molecule has 0 spiro atoms. The minimum Gasteiger partial charge on any atom is -0.381 e. The van der Waals surface area contributed by atoms with Gasteiger partial charge in [0.15, 0.2) is 5.82 Å². The standard InChI is InChI=1S/C14H23N3O2/c1-15-12-5-3-2-4-10(12)8-13-16-14(17-19-13)11-6-7-18-9-11/h10-12,15H,2-9H2,1H3. The second kappa shape index (κ2) is 6.01. The summed E-state index contributed by atoms with van der Waals surface area (Å²) in [5.74, 6) is 2.61. The van der Waals surface area contributed by atoms with Crippen LogP contribution in [0.5, 0.6) is 0 Å². The molecule has 1 saturated heterocycles. The van der Waals surface area contributed by atoms with Crippen molar-refractivity contribution in [3.8, 4) is 0 Å². The molecule has 1 aromatic heterocycles. The fraction of sp³-hybridized carbons (Fsp3) is 0.857. The van der Waals surface area contributed by atoms with E-state index in [0.717, 1.165) is 37.8 Å². The van der Waals surface area contributed by atoms with Crippen molar-refractivity contribution in [1.29, 1.82) is 0 Å². The molecule has 106 valence electrons. The van der Waals surface area contributed by atoms with E-state index in [-0.39, 0.29) is 0 Å². The largest absolute Gasteiger partial charge is 0.381 e. The van der Waals surface area contributed by atoms with Crippen molar-refractivity contribution in [1.82, 2.24) is 15.5 Å². The second-order valence-electron chi connectivity index (χ2n) is 5.75. The number of aromatic nitrogens is 2. The summed E-state index contributed by atoms with van der Waals surface area (Å²) in [6.45, 7) is 1.56. The van der Waals surface area contributed by atoms with Crippen LogP contribution in [0.3, 0.4) is 0 Å². The number of hydrogen-bond donors (Lipinski definition) is 1. The second-order valence-corrected chi connectivity index (χ2v) is 5.75. The van der Waals surface area contributed by atoms with Gasteiger partial charge in [-0.3, -0.25) is 0 Å². The van der Waals surface area contributed by atoms with Gasteiger partial charge in [-0.15, -0.1) is 0 Å². The molecule has 2 aliphatic rings. The molecule has 0 bridgehead atoms. The van der Waals surface area contributed by atoms with Crippen molar-refractivity contribution < 1.29 is 9.26 Å². The van der Waals surface area contributed by atoms with Gasteiger partial charge in [-0.2, -0.15) is 4.98 Å². The van der Waals surface area contributed by atoms with Gasteiger partial charge in [-0.25, -0.2) is 0 Å². The molecule has 5 nitrogen and oxygen atoms in total. The Balaban J connectivity index is 1.62. The number of ether oxygens (including phenoxy) is 1. The third-order valence-corrected chi connectivity index (χ3v) is 4.50. The van der Waals surface area contributed by atoms with Gasteiger partial charge in [0, 0.05) is 25.0 Å². The maximum Gasteiger partial charge on any atom is 0.226 e. The van der Waals surface area contributed by atoms with Crippen LogP contribution in [-0.2, 0) is 11.2 Å². The zero-order valence-corrected chi connectivity index (χ0v) is 11.6.